The predicted molar refractivity (Wildman–Crippen MR) is 59.2 cm³/mol. The molecule has 6 N–H and O–H groups in total. The fourth-order valence-corrected chi connectivity index (χ4v) is 1.67. The van der Waals surface area contributed by atoms with Gasteiger partial charge in [-0.15, -0.1) is 0 Å². The van der Waals surface area contributed by atoms with Crippen LogP contribution in [0.3, 0.4) is 0 Å². The zero-order chi connectivity index (χ0) is 11.4. The van der Waals surface area contributed by atoms with Crippen LogP contribution in [0.5, 0.6) is 0 Å². The molecule has 84 valence electrons. The third kappa shape index (κ3) is 2.54. The van der Waals surface area contributed by atoms with Gasteiger partial charge in [0.25, 0.3) is 0 Å². The number of benzene rings is 1. The Labute approximate surface area is 89.5 Å². The Balaban J connectivity index is 3.11. The zero-order valence-electron chi connectivity index (χ0n) is 8.85. The molecular weight excluding hydrogens is 192 g/mol. The Hall–Kier alpha value is -0.940. The molecule has 0 aliphatic heterocycles. The molecule has 0 aromatic heterocycles. The summed E-state index contributed by atoms with van der Waals surface area (Å²) < 4.78 is 0. The van der Waals surface area contributed by atoms with E-state index in [1.807, 2.05) is 25.1 Å². The topological polar surface area (TPSA) is 92.5 Å². The van der Waals surface area contributed by atoms with Crippen LogP contribution in [0, 0.1) is 6.92 Å². The van der Waals surface area contributed by atoms with E-state index in [9.17, 15) is 0 Å². The summed E-state index contributed by atoms with van der Waals surface area (Å²) in [5.41, 5.74) is 14.2. The van der Waals surface area contributed by atoms with Crippen molar-refractivity contribution in [3.8, 4) is 0 Å². The quantitative estimate of drug-likeness (QED) is 0.562. The Morgan fingerprint density at radius 2 is 1.47 bits per heavy atom. The summed E-state index contributed by atoms with van der Waals surface area (Å²) >= 11 is 0. The summed E-state index contributed by atoms with van der Waals surface area (Å²) in [6, 6.07) is 4.78. The molecule has 0 spiro atoms. The van der Waals surface area contributed by atoms with Crippen molar-refractivity contribution < 1.29 is 10.2 Å². The average Bonchev–Trinajstić information content (AvgIpc) is 2.27. The van der Waals surface area contributed by atoms with Crippen LogP contribution in [0.1, 0.15) is 28.8 Å². The zero-order valence-corrected chi connectivity index (χ0v) is 8.85. The third-order valence-corrected chi connectivity index (χ3v) is 2.61. The molecule has 1 aromatic carbocycles. The minimum atomic E-state index is -0.393. The summed E-state index contributed by atoms with van der Waals surface area (Å²) in [4.78, 5) is 0. The monoisotopic (exact) mass is 210 g/mol. The third-order valence-electron chi connectivity index (χ3n) is 2.61. The van der Waals surface area contributed by atoms with Gasteiger partial charge in [-0.05, 0) is 23.6 Å². The second kappa shape index (κ2) is 5.23. The standard InChI is InChI=1S/C11H18N2O2/c1-7-8(10(12)5-14)3-2-4-9(7)11(13)6-15/h2-4,10-11,14-15H,5-6,12-13H2,1H3. The second-order valence-corrected chi connectivity index (χ2v) is 3.64. The Bertz CT molecular complexity index is 300. The molecule has 0 aliphatic carbocycles. The van der Waals surface area contributed by atoms with Gasteiger partial charge in [0.2, 0.25) is 0 Å². The number of rotatable bonds is 4. The minimum Gasteiger partial charge on any atom is -0.394 e. The number of nitrogens with two attached hydrogens (primary N) is 2. The van der Waals surface area contributed by atoms with Gasteiger partial charge < -0.3 is 21.7 Å². The van der Waals surface area contributed by atoms with E-state index in [0.717, 1.165) is 16.7 Å². The number of hydrogen-bond donors (Lipinski definition) is 4. The van der Waals surface area contributed by atoms with E-state index in [0.29, 0.717) is 0 Å². The van der Waals surface area contributed by atoms with Gasteiger partial charge in [-0.2, -0.15) is 0 Å². The highest BCUT2D eigenvalue weighted by molar-refractivity contribution is 5.37. The van der Waals surface area contributed by atoms with E-state index >= 15 is 0 Å². The number of aliphatic hydroxyl groups is 2. The maximum Gasteiger partial charge on any atom is 0.0624 e. The highest BCUT2D eigenvalue weighted by Crippen LogP contribution is 2.22. The molecular formula is C11H18N2O2. The van der Waals surface area contributed by atoms with Crippen LogP contribution in [-0.4, -0.2) is 23.4 Å². The van der Waals surface area contributed by atoms with Crippen molar-refractivity contribution in [2.45, 2.75) is 19.0 Å². The molecule has 15 heavy (non-hydrogen) atoms. The first-order chi connectivity index (χ1) is 7.11. The van der Waals surface area contributed by atoms with Gasteiger partial charge in [0.05, 0.1) is 25.3 Å². The summed E-state index contributed by atoms with van der Waals surface area (Å²) in [5.74, 6) is 0. The lowest BCUT2D eigenvalue weighted by atomic mass is 9.94. The van der Waals surface area contributed by atoms with Crippen LogP contribution in [0.25, 0.3) is 0 Å². The maximum absolute atomic E-state index is 8.99. The van der Waals surface area contributed by atoms with Gasteiger partial charge in [0.1, 0.15) is 0 Å². The highest BCUT2D eigenvalue weighted by atomic mass is 16.3. The lowest BCUT2D eigenvalue weighted by Crippen LogP contribution is -2.20. The molecule has 0 aliphatic rings. The predicted octanol–water partition coefficient (Wildman–Crippen LogP) is -0.0208. The molecule has 1 rings (SSSR count). The Kier molecular flexibility index (Phi) is 4.23. The van der Waals surface area contributed by atoms with Gasteiger partial charge in [-0.25, -0.2) is 0 Å². The molecule has 0 saturated heterocycles. The summed E-state index contributed by atoms with van der Waals surface area (Å²) in [6.45, 7) is 1.70. The van der Waals surface area contributed by atoms with Crippen LogP contribution < -0.4 is 11.5 Å². The second-order valence-electron chi connectivity index (χ2n) is 3.64. The molecule has 0 amide bonds. The molecule has 0 radical (unpaired) electrons. The summed E-state index contributed by atoms with van der Waals surface area (Å²) in [6.07, 6.45) is 0. The molecule has 0 heterocycles. The average molecular weight is 210 g/mol. The largest absolute Gasteiger partial charge is 0.394 e. The SMILES string of the molecule is Cc1c(C(N)CO)cccc1C(N)CO. The van der Waals surface area contributed by atoms with E-state index in [4.69, 9.17) is 21.7 Å². The Morgan fingerprint density at radius 3 is 1.80 bits per heavy atom. The van der Waals surface area contributed by atoms with Gasteiger partial charge in [0, 0.05) is 0 Å². The first-order valence-electron chi connectivity index (χ1n) is 4.94. The lowest BCUT2D eigenvalue weighted by molar-refractivity contribution is 0.264. The van der Waals surface area contributed by atoms with Crippen LogP contribution in [-0.2, 0) is 0 Å². The lowest BCUT2D eigenvalue weighted by Gasteiger charge is -2.18. The van der Waals surface area contributed by atoms with Gasteiger partial charge >= 0.3 is 0 Å². The minimum absolute atomic E-state index is 0.0986. The molecule has 4 nitrogen and oxygen atoms in total. The molecule has 0 fully saturated rings. The molecule has 0 bridgehead atoms. The van der Waals surface area contributed by atoms with Crippen molar-refractivity contribution in [1.82, 2.24) is 0 Å². The van der Waals surface area contributed by atoms with Gasteiger partial charge in [0.15, 0.2) is 0 Å². The number of aliphatic hydroxyl groups excluding tert-OH is 2. The highest BCUT2D eigenvalue weighted by Gasteiger charge is 2.13. The Morgan fingerprint density at radius 1 is 1.07 bits per heavy atom. The van der Waals surface area contributed by atoms with E-state index in [2.05, 4.69) is 0 Å². The first kappa shape index (κ1) is 12.1. The molecule has 0 saturated carbocycles. The van der Waals surface area contributed by atoms with Crippen molar-refractivity contribution >= 4 is 0 Å². The van der Waals surface area contributed by atoms with Crippen LogP contribution in [0.2, 0.25) is 0 Å². The van der Waals surface area contributed by atoms with Crippen molar-refractivity contribution in [2.24, 2.45) is 11.5 Å². The van der Waals surface area contributed by atoms with Crippen molar-refractivity contribution in [3.63, 3.8) is 0 Å². The normalized spacial score (nSPS) is 15.0. The van der Waals surface area contributed by atoms with Gasteiger partial charge in [-0.1, -0.05) is 18.2 Å². The fraction of sp³-hybridized carbons (Fsp3) is 0.455. The van der Waals surface area contributed by atoms with Crippen molar-refractivity contribution in [3.05, 3.63) is 34.9 Å². The fourth-order valence-electron chi connectivity index (χ4n) is 1.67. The molecule has 2 unspecified atom stereocenters. The number of hydrogen-bond acceptors (Lipinski definition) is 4. The molecule has 1 aromatic rings. The summed E-state index contributed by atoms with van der Waals surface area (Å²) in [7, 11) is 0. The smallest absolute Gasteiger partial charge is 0.0624 e. The maximum atomic E-state index is 8.99. The first-order valence-corrected chi connectivity index (χ1v) is 4.94. The van der Waals surface area contributed by atoms with Crippen LogP contribution in [0.15, 0.2) is 18.2 Å². The van der Waals surface area contributed by atoms with Crippen molar-refractivity contribution in [1.29, 1.82) is 0 Å². The van der Waals surface area contributed by atoms with Crippen LogP contribution >= 0.6 is 0 Å². The summed E-state index contributed by atoms with van der Waals surface area (Å²) in [5, 5.41) is 18.0. The van der Waals surface area contributed by atoms with E-state index in [1.54, 1.807) is 0 Å². The van der Waals surface area contributed by atoms with Crippen LogP contribution in [0.4, 0.5) is 0 Å². The van der Waals surface area contributed by atoms with Gasteiger partial charge in [-0.3, -0.25) is 0 Å². The van der Waals surface area contributed by atoms with E-state index in [-0.39, 0.29) is 13.2 Å². The van der Waals surface area contributed by atoms with Crippen molar-refractivity contribution in [2.75, 3.05) is 13.2 Å². The molecule has 4 heteroatoms. The van der Waals surface area contributed by atoms with E-state index in [1.165, 1.54) is 0 Å². The molecule has 2 atom stereocenters. The van der Waals surface area contributed by atoms with E-state index < -0.39 is 12.1 Å².